The van der Waals surface area contributed by atoms with Crippen molar-refractivity contribution in [2.24, 2.45) is 5.92 Å². The lowest BCUT2D eigenvalue weighted by atomic mass is 9.80. The molecule has 5 unspecified atom stereocenters. The van der Waals surface area contributed by atoms with Crippen LogP contribution in [0.4, 0.5) is 0 Å². The van der Waals surface area contributed by atoms with Crippen LogP contribution >= 0.6 is 0 Å². The number of phenols is 1. The average Bonchev–Trinajstić information content (AvgIpc) is 3.36. The second-order valence-corrected chi connectivity index (χ2v) is 9.62. The second kappa shape index (κ2) is 8.78. The van der Waals surface area contributed by atoms with E-state index in [1.165, 1.54) is 0 Å². The second-order valence-electron chi connectivity index (χ2n) is 9.62. The number of hydrogen-bond acceptors (Lipinski definition) is 7. The van der Waals surface area contributed by atoms with Crippen LogP contribution in [0, 0.1) is 5.92 Å². The number of aliphatic hydroxyl groups is 2. The van der Waals surface area contributed by atoms with Gasteiger partial charge in [-0.2, -0.15) is 0 Å². The molecule has 2 aliphatic rings. The maximum Gasteiger partial charge on any atom is 0.189 e. The Bertz CT molecular complexity index is 966. The molecule has 3 heterocycles. The van der Waals surface area contributed by atoms with Crippen LogP contribution in [0.1, 0.15) is 80.8 Å². The smallest absolute Gasteiger partial charge is 0.189 e. The van der Waals surface area contributed by atoms with Crippen molar-refractivity contribution >= 4 is 17.3 Å². The maximum absolute atomic E-state index is 11.8. The Balaban J connectivity index is 1.73. The Morgan fingerprint density at radius 2 is 2.03 bits per heavy atom. The number of aldehydes is 1. The lowest BCUT2D eigenvalue weighted by Gasteiger charge is -2.39. The summed E-state index contributed by atoms with van der Waals surface area (Å²) in [4.78, 5) is 11.8. The van der Waals surface area contributed by atoms with E-state index in [4.69, 9.17) is 13.9 Å². The first kappa shape index (κ1) is 23.2. The molecule has 1 aromatic heterocycles. The van der Waals surface area contributed by atoms with Gasteiger partial charge in [0.05, 0.1) is 30.1 Å². The van der Waals surface area contributed by atoms with Gasteiger partial charge in [-0.05, 0) is 36.8 Å². The van der Waals surface area contributed by atoms with Crippen molar-refractivity contribution in [2.75, 3.05) is 0 Å². The molecule has 3 N–H and O–H groups in total. The number of carbonyl (C=O) groups is 1. The highest BCUT2D eigenvalue weighted by molar-refractivity contribution is 6.00. The number of benzene rings is 1. The van der Waals surface area contributed by atoms with E-state index in [-0.39, 0.29) is 23.3 Å². The van der Waals surface area contributed by atoms with Gasteiger partial charge in [0.15, 0.2) is 18.2 Å². The average molecular weight is 447 g/mol. The van der Waals surface area contributed by atoms with Gasteiger partial charge >= 0.3 is 0 Å². The number of fused-ring (bicyclic) bond motifs is 1. The van der Waals surface area contributed by atoms with Crippen molar-refractivity contribution in [1.82, 2.24) is 0 Å². The summed E-state index contributed by atoms with van der Waals surface area (Å²) in [6.45, 7) is 8.13. The van der Waals surface area contributed by atoms with E-state index in [1.807, 2.05) is 13.0 Å². The van der Waals surface area contributed by atoms with Gasteiger partial charge in [0, 0.05) is 23.3 Å². The largest absolute Gasteiger partial charge is 0.507 e. The molecule has 0 aliphatic carbocycles. The maximum atomic E-state index is 11.8. The van der Waals surface area contributed by atoms with Crippen LogP contribution in [-0.4, -0.2) is 51.8 Å². The minimum absolute atomic E-state index is 0.0349. The number of carbonyl (C=O) groups excluding carboxylic acids is 1. The third-order valence-corrected chi connectivity index (χ3v) is 7.01. The molecular weight excluding hydrogens is 412 g/mol. The molecule has 176 valence electrons. The van der Waals surface area contributed by atoms with Crippen LogP contribution in [-0.2, 0) is 15.9 Å². The highest BCUT2D eigenvalue weighted by Gasteiger charge is 2.68. The molecule has 0 saturated carbocycles. The molecule has 2 fully saturated rings. The number of phenolic OH excluding ortho intramolecular Hbond substituents is 1. The van der Waals surface area contributed by atoms with Crippen molar-refractivity contribution in [3.8, 4) is 5.75 Å². The first-order chi connectivity index (χ1) is 15.3. The van der Waals surface area contributed by atoms with E-state index in [1.54, 1.807) is 6.26 Å². The summed E-state index contributed by atoms with van der Waals surface area (Å²) in [5, 5.41) is 33.0. The van der Waals surface area contributed by atoms with E-state index < -0.39 is 24.1 Å². The van der Waals surface area contributed by atoms with Crippen molar-refractivity contribution in [3.63, 3.8) is 0 Å². The van der Waals surface area contributed by atoms with Gasteiger partial charge in [-0.25, -0.2) is 0 Å². The summed E-state index contributed by atoms with van der Waals surface area (Å²) in [7, 11) is 0. The van der Waals surface area contributed by atoms with Crippen LogP contribution in [0.5, 0.6) is 5.75 Å². The van der Waals surface area contributed by atoms with Crippen molar-refractivity contribution in [2.45, 2.75) is 95.9 Å². The number of aliphatic hydroxyl groups excluding tert-OH is 2. The zero-order chi connectivity index (χ0) is 23.2. The molecule has 2 saturated heterocycles. The number of epoxide rings is 1. The van der Waals surface area contributed by atoms with Gasteiger partial charge in [-0.15, -0.1) is 0 Å². The molecule has 7 heteroatoms. The molecule has 7 nitrogen and oxygen atoms in total. The quantitative estimate of drug-likeness (QED) is 0.414. The zero-order valence-corrected chi connectivity index (χ0v) is 19.2. The monoisotopic (exact) mass is 446 g/mol. The van der Waals surface area contributed by atoms with Crippen LogP contribution < -0.4 is 0 Å². The predicted octanol–water partition coefficient (Wildman–Crippen LogP) is 4.05. The first-order valence-electron chi connectivity index (χ1n) is 11.7. The van der Waals surface area contributed by atoms with E-state index in [2.05, 4.69) is 20.8 Å². The molecule has 0 amide bonds. The summed E-state index contributed by atoms with van der Waals surface area (Å²) >= 11 is 0. The fourth-order valence-electron chi connectivity index (χ4n) is 5.39. The molecule has 32 heavy (non-hydrogen) atoms. The van der Waals surface area contributed by atoms with Gasteiger partial charge in [0.2, 0.25) is 0 Å². The summed E-state index contributed by atoms with van der Waals surface area (Å²) < 4.78 is 17.5. The standard InChI is InChI=1S/C25H34O7/c1-5-7-15(19-10-20(27)25(24(29)31-19)21(6-2)32-25)18-12-30-23-16(18)9-14(8-13(3)4)22(28)17(23)11-26/h9,11-13,15,19-21,24,27-29H,5-8,10H2,1-4H3/t15?,19?,20?,21?,24-,25?/m1/s1. The normalized spacial score (nSPS) is 30.8. The molecule has 1 aromatic carbocycles. The van der Waals surface area contributed by atoms with Crippen molar-refractivity contribution in [1.29, 1.82) is 0 Å². The van der Waals surface area contributed by atoms with Crippen molar-refractivity contribution < 1.29 is 34.0 Å². The van der Waals surface area contributed by atoms with Gasteiger partial charge in [-0.3, -0.25) is 4.79 Å². The van der Waals surface area contributed by atoms with Crippen LogP contribution in [0.15, 0.2) is 16.7 Å². The van der Waals surface area contributed by atoms with Gasteiger partial charge in [0.25, 0.3) is 0 Å². The molecule has 2 aliphatic heterocycles. The number of aromatic hydroxyl groups is 1. The fraction of sp³-hybridized carbons (Fsp3) is 0.640. The summed E-state index contributed by atoms with van der Waals surface area (Å²) in [5.41, 5.74) is 1.04. The molecule has 0 bridgehead atoms. The molecule has 4 rings (SSSR count). The molecule has 1 spiro atoms. The number of ether oxygens (including phenoxy) is 2. The number of rotatable bonds is 8. The third kappa shape index (κ3) is 3.65. The summed E-state index contributed by atoms with van der Waals surface area (Å²) in [6.07, 6.45) is 2.85. The van der Waals surface area contributed by atoms with Crippen LogP contribution in [0.25, 0.3) is 11.0 Å². The van der Waals surface area contributed by atoms with E-state index >= 15 is 0 Å². The Hall–Kier alpha value is -1.93. The molecular formula is C25H34O7. The number of hydrogen-bond donors (Lipinski definition) is 3. The molecule has 6 atom stereocenters. The molecule has 2 aromatic rings. The summed E-state index contributed by atoms with van der Waals surface area (Å²) in [5.74, 6) is 0.109. The van der Waals surface area contributed by atoms with Gasteiger partial charge in [-0.1, -0.05) is 34.1 Å². The topological polar surface area (TPSA) is 113 Å². The lowest BCUT2D eigenvalue weighted by Crippen LogP contribution is -2.53. The lowest BCUT2D eigenvalue weighted by molar-refractivity contribution is -0.236. The number of furan rings is 1. The Kier molecular flexibility index (Phi) is 6.38. The van der Waals surface area contributed by atoms with Crippen LogP contribution in [0.3, 0.4) is 0 Å². The van der Waals surface area contributed by atoms with Gasteiger partial charge in [0.1, 0.15) is 11.3 Å². The highest BCUT2D eigenvalue weighted by atomic mass is 16.7. The molecule has 0 radical (unpaired) electrons. The third-order valence-electron chi connectivity index (χ3n) is 7.01. The predicted molar refractivity (Wildman–Crippen MR) is 119 cm³/mol. The van der Waals surface area contributed by atoms with E-state index in [0.29, 0.717) is 42.6 Å². The van der Waals surface area contributed by atoms with Crippen molar-refractivity contribution in [3.05, 3.63) is 29.0 Å². The minimum Gasteiger partial charge on any atom is -0.507 e. The van der Waals surface area contributed by atoms with Gasteiger partial charge < -0.3 is 29.2 Å². The van der Waals surface area contributed by atoms with E-state index in [0.717, 1.165) is 23.8 Å². The Morgan fingerprint density at radius 3 is 2.59 bits per heavy atom. The van der Waals surface area contributed by atoms with E-state index in [9.17, 15) is 20.1 Å². The fourth-order valence-corrected chi connectivity index (χ4v) is 5.39. The zero-order valence-electron chi connectivity index (χ0n) is 19.2. The Morgan fingerprint density at radius 1 is 1.28 bits per heavy atom. The summed E-state index contributed by atoms with van der Waals surface area (Å²) in [6, 6.07) is 1.90. The highest BCUT2D eigenvalue weighted by Crippen LogP contribution is 2.51. The SMILES string of the molecule is CCCC(c1coc2c(C=O)c(O)c(CC(C)C)cc12)C1CC(O)C2(OC2CC)[C@H](O)O1. The Labute approximate surface area is 188 Å². The van der Waals surface area contributed by atoms with Crippen LogP contribution in [0.2, 0.25) is 0 Å². The first-order valence-corrected chi connectivity index (χ1v) is 11.7. The minimum atomic E-state index is -1.20.